The van der Waals surface area contributed by atoms with Crippen LogP contribution in [0.1, 0.15) is 25.8 Å². The molecule has 7 nitrogen and oxygen atoms in total. The Bertz CT molecular complexity index is 908. The average Bonchev–Trinajstić information content (AvgIpc) is 3.17. The fourth-order valence-electron chi connectivity index (χ4n) is 5.20. The third kappa shape index (κ3) is 5.90. The van der Waals surface area contributed by atoms with Crippen LogP contribution in [0.2, 0.25) is 0 Å². The number of aromatic nitrogens is 1. The number of carbonyl (C=O) groups is 2. The van der Waals surface area contributed by atoms with Crippen LogP contribution in [-0.2, 0) is 16.0 Å². The Labute approximate surface area is 191 Å². The van der Waals surface area contributed by atoms with Crippen LogP contribution in [-0.4, -0.2) is 90.4 Å². The summed E-state index contributed by atoms with van der Waals surface area (Å²) < 4.78 is 0. The summed E-state index contributed by atoms with van der Waals surface area (Å²) in [4.78, 5) is 34.9. The molecule has 0 aliphatic carbocycles. The summed E-state index contributed by atoms with van der Waals surface area (Å²) in [6, 6.07) is 8.24. The van der Waals surface area contributed by atoms with E-state index >= 15 is 0 Å². The number of nitrogens with one attached hydrogen (secondary N) is 2. The van der Waals surface area contributed by atoms with Gasteiger partial charge in [-0.15, -0.1) is 0 Å². The molecule has 2 aliphatic rings. The summed E-state index contributed by atoms with van der Waals surface area (Å²) in [5.74, 6) is 1.51. The van der Waals surface area contributed by atoms with Crippen LogP contribution in [0.5, 0.6) is 0 Å². The quantitative estimate of drug-likeness (QED) is 0.692. The molecule has 1 aromatic heterocycles. The number of carbonyl (C=O) groups excluding carboxylic acids is 2. The molecule has 0 unspecified atom stereocenters. The highest BCUT2D eigenvalue weighted by molar-refractivity contribution is 5.83. The van der Waals surface area contributed by atoms with E-state index in [1.807, 2.05) is 23.2 Å². The zero-order chi connectivity index (χ0) is 22.5. The van der Waals surface area contributed by atoms with Gasteiger partial charge in [0, 0.05) is 62.9 Å². The number of para-hydroxylation sites is 1. The maximum atomic E-state index is 12.7. The van der Waals surface area contributed by atoms with Crippen molar-refractivity contribution < 1.29 is 9.59 Å². The van der Waals surface area contributed by atoms with Crippen molar-refractivity contribution in [1.82, 2.24) is 25.0 Å². The molecule has 0 saturated carbocycles. The number of piperazine rings is 1. The Kier molecular flexibility index (Phi) is 7.48. The predicted molar refractivity (Wildman–Crippen MR) is 127 cm³/mol. The van der Waals surface area contributed by atoms with Crippen molar-refractivity contribution in [2.45, 2.75) is 26.7 Å². The zero-order valence-corrected chi connectivity index (χ0v) is 19.5. The molecule has 2 saturated heterocycles. The second-order valence-corrected chi connectivity index (χ2v) is 9.76. The second kappa shape index (κ2) is 10.5. The molecule has 3 heterocycles. The Balaban J connectivity index is 1.14. The first-order chi connectivity index (χ1) is 15.5. The number of H-pyrrole nitrogens is 1. The molecule has 0 spiro atoms. The van der Waals surface area contributed by atoms with Crippen molar-refractivity contribution in [3.8, 4) is 0 Å². The lowest BCUT2D eigenvalue weighted by Crippen LogP contribution is -2.53. The number of nitrogens with zero attached hydrogens (tertiary/aromatic N) is 3. The van der Waals surface area contributed by atoms with Gasteiger partial charge in [0.05, 0.1) is 13.1 Å². The first-order valence-corrected chi connectivity index (χ1v) is 12.0. The summed E-state index contributed by atoms with van der Waals surface area (Å²) >= 11 is 0. The van der Waals surface area contributed by atoms with E-state index in [0.29, 0.717) is 31.5 Å². The lowest BCUT2D eigenvalue weighted by Gasteiger charge is -2.38. The Morgan fingerprint density at radius 3 is 2.38 bits per heavy atom. The molecular formula is C25H37N5O2. The van der Waals surface area contributed by atoms with E-state index in [1.54, 1.807) is 0 Å². The van der Waals surface area contributed by atoms with Gasteiger partial charge in [0.2, 0.25) is 11.8 Å². The molecule has 2 aliphatic heterocycles. The van der Waals surface area contributed by atoms with Gasteiger partial charge in [-0.05, 0) is 36.3 Å². The maximum absolute atomic E-state index is 12.7. The van der Waals surface area contributed by atoms with Crippen LogP contribution in [0, 0.1) is 11.8 Å². The van der Waals surface area contributed by atoms with Gasteiger partial charge in [-0.25, -0.2) is 0 Å². The van der Waals surface area contributed by atoms with E-state index in [-0.39, 0.29) is 11.8 Å². The highest BCUT2D eigenvalue weighted by atomic mass is 16.2. The number of amides is 2. The van der Waals surface area contributed by atoms with Crippen molar-refractivity contribution >= 4 is 22.7 Å². The molecule has 2 fully saturated rings. The highest BCUT2D eigenvalue weighted by Crippen LogP contribution is 2.21. The summed E-state index contributed by atoms with van der Waals surface area (Å²) in [5.41, 5.74) is 2.37. The lowest BCUT2D eigenvalue weighted by molar-refractivity contribution is -0.135. The van der Waals surface area contributed by atoms with Gasteiger partial charge >= 0.3 is 0 Å². The van der Waals surface area contributed by atoms with Crippen LogP contribution < -0.4 is 5.32 Å². The van der Waals surface area contributed by atoms with E-state index < -0.39 is 0 Å². The van der Waals surface area contributed by atoms with Gasteiger partial charge in [0.15, 0.2) is 0 Å². The van der Waals surface area contributed by atoms with E-state index in [2.05, 4.69) is 46.1 Å². The second-order valence-electron chi connectivity index (χ2n) is 9.76. The summed E-state index contributed by atoms with van der Waals surface area (Å²) in [6.07, 6.45) is 4.06. The largest absolute Gasteiger partial charge is 0.361 e. The van der Waals surface area contributed by atoms with E-state index in [1.165, 1.54) is 17.4 Å². The number of aromatic amines is 1. The van der Waals surface area contributed by atoms with Gasteiger partial charge in [0.25, 0.3) is 0 Å². The topological polar surface area (TPSA) is 71.7 Å². The number of fused-ring (bicyclic) bond motifs is 1. The molecule has 1 aromatic carbocycles. The third-order valence-corrected chi connectivity index (χ3v) is 6.80. The molecule has 0 bridgehead atoms. The Morgan fingerprint density at radius 2 is 1.66 bits per heavy atom. The molecule has 174 valence electrons. The molecule has 32 heavy (non-hydrogen) atoms. The van der Waals surface area contributed by atoms with E-state index in [9.17, 15) is 9.59 Å². The highest BCUT2D eigenvalue weighted by Gasteiger charge is 2.27. The predicted octanol–water partition coefficient (Wildman–Crippen LogP) is 1.95. The number of hydrogen-bond acceptors (Lipinski definition) is 4. The SMILES string of the molecule is C[C@@H]1C[C@@H](C)CN(C(=O)CN2CCN(CC(=O)NCCc3c[nH]c4ccccc34)CC2)C1. The molecule has 2 N–H and O–H groups in total. The van der Waals surface area contributed by atoms with Crippen LogP contribution >= 0.6 is 0 Å². The summed E-state index contributed by atoms with van der Waals surface area (Å²) in [7, 11) is 0. The summed E-state index contributed by atoms with van der Waals surface area (Å²) in [6.45, 7) is 11.2. The average molecular weight is 440 g/mol. The molecule has 2 atom stereocenters. The number of rotatable bonds is 7. The molecule has 4 rings (SSSR count). The van der Waals surface area contributed by atoms with Gasteiger partial charge in [-0.3, -0.25) is 19.4 Å². The van der Waals surface area contributed by atoms with E-state index in [4.69, 9.17) is 0 Å². The fourth-order valence-corrected chi connectivity index (χ4v) is 5.20. The van der Waals surface area contributed by atoms with Crippen LogP contribution in [0.25, 0.3) is 10.9 Å². The molecule has 2 amide bonds. The van der Waals surface area contributed by atoms with Crippen molar-refractivity contribution in [1.29, 1.82) is 0 Å². The first kappa shape index (κ1) is 22.8. The number of piperidine rings is 1. The van der Waals surface area contributed by atoms with Gasteiger partial charge in [-0.1, -0.05) is 32.0 Å². The van der Waals surface area contributed by atoms with E-state index in [0.717, 1.165) is 51.2 Å². The van der Waals surface area contributed by atoms with Crippen molar-refractivity contribution in [3.05, 3.63) is 36.0 Å². The molecule has 2 aromatic rings. The number of benzene rings is 1. The maximum Gasteiger partial charge on any atom is 0.236 e. The van der Waals surface area contributed by atoms with Gasteiger partial charge < -0.3 is 15.2 Å². The monoisotopic (exact) mass is 439 g/mol. The van der Waals surface area contributed by atoms with Crippen LogP contribution in [0.4, 0.5) is 0 Å². The number of hydrogen-bond donors (Lipinski definition) is 2. The van der Waals surface area contributed by atoms with Gasteiger partial charge in [-0.2, -0.15) is 0 Å². The van der Waals surface area contributed by atoms with Crippen molar-refractivity contribution in [2.75, 3.05) is 58.9 Å². The van der Waals surface area contributed by atoms with Crippen LogP contribution in [0.15, 0.2) is 30.5 Å². The Hall–Kier alpha value is -2.38. The Morgan fingerprint density at radius 1 is 1.00 bits per heavy atom. The molecule has 0 radical (unpaired) electrons. The standard InChI is InChI=1S/C25H37N5O2/c1-19-13-20(2)16-30(15-19)25(32)18-29-11-9-28(10-12-29)17-24(31)26-8-7-21-14-27-23-6-4-3-5-22(21)23/h3-6,14,19-20,27H,7-13,15-18H2,1-2H3,(H,26,31)/t19-,20-/m1/s1. The molecule has 7 heteroatoms. The van der Waals surface area contributed by atoms with Gasteiger partial charge in [0.1, 0.15) is 0 Å². The smallest absolute Gasteiger partial charge is 0.236 e. The lowest BCUT2D eigenvalue weighted by atomic mass is 9.92. The minimum absolute atomic E-state index is 0.0747. The molecular weight excluding hydrogens is 402 g/mol. The fraction of sp³-hybridized carbons (Fsp3) is 0.600. The minimum Gasteiger partial charge on any atom is -0.361 e. The summed E-state index contributed by atoms with van der Waals surface area (Å²) in [5, 5.41) is 4.28. The zero-order valence-electron chi connectivity index (χ0n) is 19.5. The van der Waals surface area contributed by atoms with Crippen molar-refractivity contribution in [2.24, 2.45) is 11.8 Å². The number of likely N-dealkylation sites (tertiary alicyclic amines) is 1. The normalized spacial score (nSPS) is 22.9. The first-order valence-electron chi connectivity index (χ1n) is 12.0. The van der Waals surface area contributed by atoms with Crippen LogP contribution in [0.3, 0.4) is 0 Å². The minimum atomic E-state index is 0.0747. The van der Waals surface area contributed by atoms with Crippen molar-refractivity contribution in [3.63, 3.8) is 0 Å². The third-order valence-electron chi connectivity index (χ3n) is 6.80.